The third-order valence-electron chi connectivity index (χ3n) is 5.56. The molecule has 2 aliphatic rings. The quantitative estimate of drug-likeness (QED) is 0.664. The van der Waals surface area contributed by atoms with Crippen molar-refractivity contribution in [2.75, 3.05) is 7.05 Å². The summed E-state index contributed by atoms with van der Waals surface area (Å²) in [6, 6.07) is 15.3. The van der Waals surface area contributed by atoms with Gasteiger partial charge in [0.05, 0.1) is 0 Å². The zero-order valence-corrected chi connectivity index (χ0v) is 17.2. The fourth-order valence-electron chi connectivity index (χ4n) is 3.64. The van der Waals surface area contributed by atoms with E-state index in [2.05, 4.69) is 15.6 Å². The van der Waals surface area contributed by atoms with Gasteiger partial charge >= 0.3 is 0 Å². The Labute approximate surface area is 177 Å². The van der Waals surface area contributed by atoms with E-state index in [4.69, 9.17) is 4.42 Å². The van der Waals surface area contributed by atoms with Gasteiger partial charge in [-0.05, 0) is 62.1 Å². The minimum atomic E-state index is -0.107. The highest BCUT2D eigenvalue weighted by molar-refractivity contribution is 5.94. The van der Waals surface area contributed by atoms with E-state index in [0.717, 1.165) is 29.5 Å². The van der Waals surface area contributed by atoms with E-state index in [9.17, 15) is 9.59 Å². The van der Waals surface area contributed by atoms with Crippen molar-refractivity contribution in [3.63, 3.8) is 0 Å². The molecule has 158 valence electrons. The van der Waals surface area contributed by atoms with Crippen LogP contribution in [0.5, 0.6) is 0 Å². The van der Waals surface area contributed by atoms with Gasteiger partial charge in [0, 0.05) is 31.6 Å². The Morgan fingerprint density at radius 3 is 2.33 bits per heavy atom. The normalized spacial score (nSPS) is 16.0. The molecular formula is C24H29N3O3. The fraction of sp³-hybridized carbons (Fsp3) is 0.375. The average Bonchev–Trinajstić information content (AvgIpc) is 3.35. The second-order valence-electron chi connectivity index (χ2n) is 7.91. The molecule has 6 nitrogen and oxygen atoms in total. The van der Waals surface area contributed by atoms with Crippen LogP contribution in [0.2, 0.25) is 0 Å². The molecule has 0 atom stereocenters. The summed E-state index contributed by atoms with van der Waals surface area (Å²) in [4.78, 5) is 27.1. The summed E-state index contributed by atoms with van der Waals surface area (Å²) in [7, 11) is 1.61. The summed E-state index contributed by atoms with van der Waals surface area (Å²) >= 11 is 0. The molecule has 0 spiro atoms. The lowest BCUT2D eigenvalue weighted by Gasteiger charge is -2.10. The summed E-state index contributed by atoms with van der Waals surface area (Å²) in [6.45, 7) is 0. The van der Waals surface area contributed by atoms with Crippen LogP contribution in [0.3, 0.4) is 0 Å². The van der Waals surface area contributed by atoms with Crippen LogP contribution in [0, 0.1) is 5.92 Å². The van der Waals surface area contributed by atoms with Gasteiger partial charge in [0.1, 0.15) is 5.52 Å². The number of amides is 2. The number of benzene rings is 2. The monoisotopic (exact) mass is 407 g/mol. The molecule has 3 aromatic rings. The predicted octanol–water partition coefficient (Wildman–Crippen LogP) is 4.56. The highest BCUT2D eigenvalue weighted by atomic mass is 16.3. The molecule has 2 amide bonds. The number of aromatic nitrogens is 1. The second kappa shape index (κ2) is 9.11. The Balaban J connectivity index is 0.000000194. The number of hydrogen-bond acceptors (Lipinski definition) is 4. The second-order valence-corrected chi connectivity index (χ2v) is 7.91. The van der Waals surface area contributed by atoms with Crippen LogP contribution in [0.25, 0.3) is 22.6 Å². The van der Waals surface area contributed by atoms with Gasteiger partial charge in [-0.25, -0.2) is 4.98 Å². The minimum absolute atomic E-state index is 0. The molecule has 0 bridgehead atoms. The zero-order valence-electron chi connectivity index (χ0n) is 17.2. The molecule has 2 fully saturated rings. The summed E-state index contributed by atoms with van der Waals surface area (Å²) < 4.78 is 5.67. The Morgan fingerprint density at radius 2 is 1.70 bits per heavy atom. The van der Waals surface area contributed by atoms with E-state index < -0.39 is 0 Å². The molecule has 0 saturated heterocycles. The Kier molecular flexibility index (Phi) is 6.12. The van der Waals surface area contributed by atoms with Crippen molar-refractivity contribution in [1.29, 1.82) is 0 Å². The summed E-state index contributed by atoms with van der Waals surface area (Å²) in [5, 5.41) is 5.69. The van der Waals surface area contributed by atoms with Crippen molar-refractivity contribution in [2.24, 2.45) is 5.92 Å². The molecule has 1 aromatic heterocycles. The first-order chi connectivity index (χ1) is 14.6. The summed E-state index contributed by atoms with van der Waals surface area (Å²) in [5.41, 5.74) is 3.05. The maximum Gasteiger partial charge on any atom is 0.251 e. The van der Waals surface area contributed by atoms with E-state index in [1.807, 2.05) is 36.4 Å². The van der Waals surface area contributed by atoms with Crippen LogP contribution in [-0.2, 0) is 4.79 Å². The maximum atomic E-state index is 11.5. The Hall–Kier alpha value is -3.15. The molecular weight excluding hydrogens is 378 g/mol. The lowest BCUT2D eigenvalue weighted by Crippen LogP contribution is -2.33. The zero-order chi connectivity index (χ0) is 20.9. The van der Waals surface area contributed by atoms with E-state index in [0.29, 0.717) is 29.3 Å². The van der Waals surface area contributed by atoms with Crippen molar-refractivity contribution >= 4 is 22.9 Å². The molecule has 0 radical (unpaired) electrons. The van der Waals surface area contributed by atoms with Crippen LogP contribution in [0.4, 0.5) is 0 Å². The molecule has 30 heavy (non-hydrogen) atoms. The molecule has 2 N–H and O–H groups in total. The number of hydrogen-bond donors (Lipinski definition) is 2. The summed E-state index contributed by atoms with van der Waals surface area (Å²) in [6.07, 6.45) is 7.26. The van der Waals surface area contributed by atoms with Crippen molar-refractivity contribution < 1.29 is 15.4 Å². The SMILES string of the molecule is CNC(=O)c1ccc(-c2nc3ccccc3o2)cc1.O=C(NC1CCCC1)C1CC1.[HH]. The van der Waals surface area contributed by atoms with Crippen molar-refractivity contribution in [2.45, 2.75) is 44.6 Å². The molecule has 2 saturated carbocycles. The first-order valence-corrected chi connectivity index (χ1v) is 10.6. The molecule has 6 heteroatoms. The predicted molar refractivity (Wildman–Crippen MR) is 118 cm³/mol. The molecule has 5 rings (SSSR count). The molecule has 1 heterocycles. The number of rotatable bonds is 4. The Morgan fingerprint density at radius 1 is 1.00 bits per heavy atom. The van der Waals surface area contributed by atoms with Crippen LogP contribution in [0.1, 0.15) is 50.3 Å². The minimum Gasteiger partial charge on any atom is -0.436 e. The summed E-state index contributed by atoms with van der Waals surface area (Å²) in [5.74, 6) is 1.15. The van der Waals surface area contributed by atoms with Gasteiger partial charge in [-0.3, -0.25) is 9.59 Å². The van der Waals surface area contributed by atoms with E-state index in [1.165, 1.54) is 25.7 Å². The number of carbonyl (C=O) groups excluding carboxylic acids is 2. The molecule has 2 aromatic carbocycles. The first-order valence-electron chi connectivity index (χ1n) is 10.6. The number of nitrogens with one attached hydrogen (secondary N) is 2. The number of nitrogens with zero attached hydrogens (tertiary/aromatic N) is 1. The number of para-hydroxylation sites is 2. The standard InChI is InChI=1S/C15H12N2O2.C9H15NO.H2/c1-16-14(18)10-6-8-11(9-7-10)15-17-12-4-2-3-5-13(12)19-15;11-9(7-5-6-7)10-8-3-1-2-4-8;/h2-9H,1H3,(H,16,18);7-8H,1-6H2,(H,10,11);1H. The fourth-order valence-corrected chi connectivity index (χ4v) is 3.64. The topological polar surface area (TPSA) is 84.2 Å². The van der Waals surface area contributed by atoms with Gasteiger partial charge in [-0.1, -0.05) is 25.0 Å². The Bertz CT molecular complexity index is 989. The smallest absolute Gasteiger partial charge is 0.251 e. The number of carbonyl (C=O) groups is 2. The van der Waals surface area contributed by atoms with E-state index >= 15 is 0 Å². The first kappa shape index (κ1) is 20.1. The van der Waals surface area contributed by atoms with Gasteiger partial charge in [-0.2, -0.15) is 0 Å². The van der Waals surface area contributed by atoms with Crippen molar-refractivity contribution in [3.8, 4) is 11.5 Å². The lowest BCUT2D eigenvalue weighted by atomic mass is 10.1. The van der Waals surface area contributed by atoms with Crippen LogP contribution >= 0.6 is 0 Å². The van der Waals surface area contributed by atoms with Crippen LogP contribution < -0.4 is 10.6 Å². The van der Waals surface area contributed by atoms with Gasteiger partial charge in [-0.15, -0.1) is 0 Å². The molecule has 2 aliphatic carbocycles. The third kappa shape index (κ3) is 4.87. The number of fused-ring (bicyclic) bond motifs is 1. The van der Waals surface area contributed by atoms with Crippen LogP contribution in [-0.4, -0.2) is 29.9 Å². The average molecular weight is 408 g/mol. The number of oxazole rings is 1. The van der Waals surface area contributed by atoms with E-state index in [1.54, 1.807) is 19.2 Å². The van der Waals surface area contributed by atoms with Crippen LogP contribution in [0.15, 0.2) is 52.9 Å². The third-order valence-corrected chi connectivity index (χ3v) is 5.56. The van der Waals surface area contributed by atoms with Gasteiger partial charge in [0.15, 0.2) is 5.58 Å². The van der Waals surface area contributed by atoms with E-state index in [-0.39, 0.29) is 7.33 Å². The van der Waals surface area contributed by atoms with Crippen molar-refractivity contribution in [1.82, 2.24) is 15.6 Å². The van der Waals surface area contributed by atoms with Gasteiger partial charge in [0.25, 0.3) is 5.91 Å². The lowest BCUT2D eigenvalue weighted by molar-refractivity contribution is -0.122. The van der Waals surface area contributed by atoms with Gasteiger partial charge < -0.3 is 15.1 Å². The largest absolute Gasteiger partial charge is 0.436 e. The highest BCUT2D eigenvalue weighted by Crippen LogP contribution is 2.30. The molecule has 0 aliphatic heterocycles. The maximum absolute atomic E-state index is 11.5. The highest BCUT2D eigenvalue weighted by Gasteiger charge is 2.31. The van der Waals surface area contributed by atoms with Gasteiger partial charge in [0.2, 0.25) is 11.8 Å². The van der Waals surface area contributed by atoms with Crippen molar-refractivity contribution in [3.05, 3.63) is 54.1 Å². The molecule has 0 unspecified atom stereocenters.